The van der Waals surface area contributed by atoms with Gasteiger partial charge in [-0.1, -0.05) is 42.5 Å². The maximum atomic E-state index is 13.0. The number of carboxylic acid groups (broad SMARTS) is 1. The molecule has 8 nitrogen and oxygen atoms in total. The molecule has 1 amide bonds. The Morgan fingerprint density at radius 3 is 2.39 bits per heavy atom. The van der Waals surface area contributed by atoms with Crippen molar-refractivity contribution in [3.05, 3.63) is 81.0 Å². The number of aliphatic carboxylic acids is 1. The van der Waals surface area contributed by atoms with E-state index in [9.17, 15) is 19.2 Å². The van der Waals surface area contributed by atoms with Crippen molar-refractivity contribution >= 4 is 22.8 Å². The minimum absolute atomic E-state index is 0.0559. The zero-order chi connectivity index (χ0) is 20.3. The Bertz CT molecular complexity index is 1130. The lowest BCUT2D eigenvalue weighted by Gasteiger charge is -2.20. The van der Waals surface area contributed by atoms with Gasteiger partial charge in [0, 0.05) is 6.42 Å². The van der Waals surface area contributed by atoms with E-state index < -0.39 is 35.2 Å². The molecule has 0 saturated carbocycles. The number of rotatable bonds is 6. The van der Waals surface area contributed by atoms with Crippen LogP contribution in [0.3, 0.4) is 0 Å². The number of carbonyl (C=O) groups is 2. The molecule has 0 aliphatic heterocycles. The lowest BCUT2D eigenvalue weighted by Crippen LogP contribution is -2.48. The normalized spacial score (nSPS) is 13.0. The van der Waals surface area contributed by atoms with Gasteiger partial charge in [-0.25, -0.2) is 9.36 Å². The van der Waals surface area contributed by atoms with Gasteiger partial charge in [0.25, 0.3) is 5.56 Å². The Morgan fingerprint density at radius 1 is 1.07 bits per heavy atom. The third-order valence-electron chi connectivity index (χ3n) is 4.45. The fourth-order valence-corrected chi connectivity index (χ4v) is 2.97. The zero-order valence-corrected chi connectivity index (χ0v) is 15.1. The van der Waals surface area contributed by atoms with Crippen LogP contribution in [0.2, 0.25) is 0 Å². The summed E-state index contributed by atoms with van der Waals surface area (Å²) in [7, 11) is 0. The summed E-state index contributed by atoms with van der Waals surface area (Å²) in [6, 6.07) is 13.0. The van der Waals surface area contributed by atoms with Crippen molar-refractivity contribution in [3.8, 4) is 0 Å². The number of carbonyl (C=O) groups excluding carboxylic acids is 1. The number of carboxylic acids is 1. The number of nitrogens with one attached hydrogen (secondary N) is 2. The molecule has 3 rings (SSSR count). The highest BCUT2D eigenvalue weighted by atomic mass is 16.4. The van der Waals surface area contributed by atoms with Gasteiger partial charge in [-0.2, -0.15) is 0 Å². The lowest BCUT2D eigenvalue weighted by molar-refractivity contribution is -0.141. The van der Waals surface area contributed by atoms with Crippen LogP contribution in [-0.4, -0.2) is 32.6 Å². The number of nitrogens with zero attached hydrogens (tertiary/aromatic N) is 1. The molecule has 28 heavy (non-hydrogen) atoms. The van der Waals surface area contributed by atoms with E-state index in [2.05, 4.69) is 10.3 Å². The third kappa shape index (κ3) is 3.85. The second kappa shape index (κ2) is 7.91. The van der Waals surface area contributed by atoms with Crippen LogP contribution >= 0.6 is 0 Å². The molecule has 3 N–H and O–H groups in total. The molecule has 8 heteroatoms. The highest BCUT2D eigenvalue weighted by Gasteiger charge is 2.27. The highest BCUT2D eigenvalue weighted by Crippen LogP contribution is 2.14. The molecule has 1 heterocycles. The molecule has 0 spiro atoms. The van der Waals surface area contributed by atoms with Gasteiger partial charge >= 0.3 is 11.7 Å². The SMILES string of the molecule is C[C@@H](NC(=O)[C@H](Cc1ccccc1)n1c(=O)[nH]c2ccccc2c1=O)C(=O)O. The second-order valence-corrected chi connectivity index (χ2v) is 6.42. The summed E-state index contributed by atoms with van der Waals surface area (Å²) < 4.78 is 0.846. The number of amides is 1. The van der Waals surface area contributed by atoms with E-state index in [1.165, 1.54) is 6.92 Å². The minimum Gasteiger partial charge on any atom is -0.480 e. The molecule has 0 aliphatic carbocycles. The summed E-state index contributed by atoms with van der Waals surface area (Å²) in [5.74, 6) is -1.94. The first-order chi connectivity index (χ1) is 13.4. The average Bonchev–Trinajstić information content (AvgIpc) is 2.67. The first-order valence-electron chi connectivity index (χ1n) is 8.69. The lowest BCUT2D eigenvalue weighted by atomic mass is 10.0. The fraction of sp³-hybridized carbons (Fsp3) is 0.200. The van der Waals surface area contributed by atoms with E-state index >= 15 is 0 Å². The van der Waals surface area contributed by atoms with E-state index in [-0.39, 0.29) is 11.8 Å². The largest absolute Gasteiger partial charge is 0.480 e. The first-order valence-corrected chi connectivity index (χ1v) is 8.69. The Balaban J connectivity index is 2.12. The fourth-order valence-electron chi connectivity index (χ4n) is 2.97. The quantitative estimate of drug-likeness (QED) is 0.590. The van der Waals surface area contributed by atoms with Crippen molar-refractivity contribution in [2.45, 2.75) is 25.4 Å². The highest BCUT2D eigenvalue weighted by molar-refractivity contribution is 5.86. The number of hydrogen-bond donors (Lipinski definition) is 3. The van der Waals surface area contributed by atoms with Crippen LogP contribution in [0.4, 0.5) is 0 Å². The predicted molar refractivity (Wildman–Crippen MR) is 103 cm³/mol. The number of benzene rings is 2. The smallest absolute Gasteiger partial charge is 0.329 e. The molecular formula is C20H19N3O5. The van der Waals surface area contributed by atoms with Gasteiger partial charge in [0.2, 0.25) is 5.91 Å². The molecule has 1 aromatic heterocycles. The molecule has 0 bridgehead atoms. The van der Waals surface area contributed by atoms with Crippen LogP contribution < -0.4 is 16.6 Å². The van der Waals surface area contributed by atoms with Crippen LogP contribution in [0.15, 0.2) is 64.2 Å². The van der Waals surface area contributed by atoms with Gasteiger partial charge in [0.15, 0.2) is 0 Å². The third-order valence-corrected chi connectivity index (χ3v) is 4.45. The van der Waals surface area contributed by atoms with E-state index in [4.69, 9.17) is 5.11 Å². The van der Waals surface area contributed by atoms with Crippen LogP contribution in [0.25, 0.3) is 10.9 Å². The molecule has 0 fully saturated rings. The molecule has 0 unspecified atom stereocenters. The average molecular weight is 381 g/mol. The van der Waals surface area contributed by atoms with E-state index in [0.29, 0.717) is 5.52 Å². The molecular weight excluding hydrogens is 362 g/mol. The topological polar surface area (TPSA) is 121 Å². The van der Waals surface area contributed by atoms with Gasteiger partial charge in [-0.15, -0.1) is 0 Å². The second-order valence-electron chi connectivity index (χ2n) is 6.42. The molecule has 0 radical (unpaired) electrons. The molecule has 2 aromatic carbocycles. The Labute approximate surface area is 159 Å². The van der Waals surface area contributed by atoms with Crippen LogP contribution in [0, 0.1) is 0 Å². The minimum atomic E-state index is -1.22. The number of para-hydroxylation sites is 1. The van der Waals surface area contributed by atoms with E-state index in [1.54, 1.807) is 54.6 Å². The first kappa shape index (κ1) is 19.1. The number of aromatic amines is 1. The summed E-state index contributed by atoms with van der Waals surface area (Å²) in [6.45, 7) is 1.31. The van der Waals surface area contributed by atoms with Gasteiger partial charge < -0.3 is 15.4 Å². The van der Waals surface area contributed by atoms with E-state index in [0.717, 1.165) is 10.1 Å². The molecule has 2 atom stereocenters. The van der Waals surface area contributed by atoms with Crippen molar-refractivity contribution in [1.29, 1.82) is 0 Å². The zero-order valence-electron chi connectivity index (χ0n) is 15.1. The van der Waals surface area contributed by atoms with Gasteiger partial charge in [0.05, 0.1) is 10.9 Å². The number of fused-ring (bicyclic) bond motifs is 1. The van der Waals surface area contributed by atoms with Gasteiger partial charge in [-0.3, -0.25) is 14.4 Å². The molecule has 144 valence electrons. The van der Waals surface area contributed by atoms with Crippen molar-refractivity contribution < 1.29 is 14.7 Å². The Morgan fingerprint density at radius 2 is 1.71 bits per heavy atom. The van der Waals surface area contributed by atoms with Crippen molar-refractivity contribution in [2.24, 2.45) is 0 Å². The standard InChI is InChI=1S/C20H19N3O5/c1-12(19(26)27)21-17(24)16(11-13-7-3-2-4-8-13)23-18(25)14-9-5-6-10-15(14)22-20(23)28/h2-10,12,16H,11H2,1H3,(H,21,24)(H,22,28)(H,26,27)/t12-,16+/m1/s1. The number of aromatic nitrogens is 2. The van der Waals surface area contributed by atoms with Crippen molar-refractivity contribution in [3.63, 3.8) is 0 Å². The van der Waals surface area contributed by atoms with Crippen LogP contribution in [-0.2, 0) is 16.0 Å². The summed E-state index contributed by atoms with van der Waals surface area (Å²) in [6.07, 6.45) is 0.0559. The number of hydrogen-bond acceptors (Lipinski definition) is 4. The Kier molecular flexibility index (Phi) is 5.39. The predicted octanol–water partition coefficient (Wildman–Crippen LogP) is 1.06. The Hall–Kier alpha value is -3.68. The maximum absolute atomic E-state index is 13.0. The summed E-state index contributed by atoms with van der Waals surface area (Å²) >= 11 is 0. The maximum Gasteiger partial charge on any atom is 0.329 e. The summed E-state index contributed by atoms with van der Waals surface area (Å²) in [5.41, 5.74) is -0.252. The monoisotopic (exact) mass is 381 g/mol. The summed E-state index contributed by atoms with van der Waals surface area (Å²) in [5, 5.41) is 11.7. The summed E-state index contributed by atoms with van der Waals surface area (Å²) in [4.78, 5) is 52.1. The molecule has 3 aromatic rings. The van der Waals surface area contributed by atoms with Crippen molar-refractivity contribution in [1.82, 2.24) is 14.9 Å². The van der Waals surface area contributed by atoms with Gasteiger partial charge in [-0.05, 0) is 24.6 Å². The van der Waals surface area contributed by atoms with Crippen LogP contribution in [0.1, 0.15) is 18.5 Å². The van der Waals surface area contributed by atoms with E-state index in [1.807, 2.05) is 0 Å². The van der Waals surface area contributed by atoms with Crippen LogP contribution in [0.5, 0.6) is 0 Å². The molecule has 0 aliphatic rings. The number of H-pyrrole nitrogens is 1. The molecule has 0 saturated heterocycles. The van der Waals surface area contributed by atoms with Crippen molar-refractivity contribution in [2.75, 3.05) is 0 Å². The van der Waals surface area contributed by atoms with Gasteiger partial charge in [0.1, 0.15) is 12.1 Å².